The van der Waals surface area contributed by atoms with E-state index in [0.29, 0.717) is 41.9 Å². The first-order valence-corrected chi connectivity index (χ1v) is 16.7. The maximum Gasteiger partial charge on any atom is 0.329 e. The summed E-state index contributed by atoms with van der Waals surface area (Å²) in [6.45, 7) is 18.0. The van der Waals surface area contributed by atoms with Crippen molar-refractivity contribution < 1.29 is 14.3 Å². The van der Waals surface area contributed by atoms with Crippen LogP contribution in [0.4, 0.5) is 17.5 Å². The molecule has 0 fully saturated rings. The number of carbonyl (C=O) groups is 1. The second-order valence-corrected chi connectivity index (χ2v) is 17.5. The van der Waals surface area contributed by atoms with Crippen molar-refractivity contribution in [1.82, 2.24) is 19.7 Å². The van der Waals surface area contributed by atoms with E-state index in [2.05, 4.69) is 68.3 Å². The molecule has 0 spiro atoms. The summed E-state index contributed by atoms with van der Waals surface area (Å²) < 4.78 is 8.45. The third-order valence-electron chi connectivity index (χ3n) is 8.11. The minimum Gasteiger partial charge on any atom is -0.416 e. The van der Waals surface area contributed by atoms with Gasteiger partial charge >= 0.3 is 7.41 Å². The van der Waals surface area contributed by atoms with E-state index < -0.39 is 13.7 Å². The number of aliphatic hydroxyl groups excluding tert-OH is 1. The minimum atomic E-state index is -2.05. The number of hydrogen-bond donors (Lipinski definition) is 2. The lowest BCUT2D eigenvalue weighted by molar-refractivity contribution is 0.219. The van der Waals surface area contributed by atoms with Crippen LogP contribution in [0.25, 0.3) is 11.3 Å². The monoisotopic (exact) mass is 572 g/mol. The molecule has 1 radical (unpaired) electrons. The first-order chi connectivity index (χ1) is 19.2. The molecule has 215 valence electrons. The Morgan fingerprint density at radius 3 is 2.66 bits per heavy atom. The highest BCUT2D eigenvalue weighted by Crippen LogP contribution is 2.46. The molecule has 41 heavy (non-hydrogen) atoms. The summed E-state index contributed by atoms with van der Waals surface area (Å²) >= 11 is 0. The van der Waals surface area contributed by atoms with Crippen LogP contribution in [0.1, 0.15) is 64.4 Å². The molecule has 2 N–H and O–H groups in total. The average Bonchev–Trinajstić information content (AvgIpc) is 3.45. The summed E-state index contributed by atoms with van der Waals surface area (Å²) in [6.07, 6.45) is 2.42. The zero-order chi connectivity index (χ0) is 30.2. The Bertz CT molecular complexity index is 1480. The number of anilines is 3. The van der Waals surface area contributed by atoms with Gasteiger partial charge in [-0.1, -0.05) is 27.7 Å². The highest BCUT2D eigenvalue weighted by molar-refractivity contribution is 6.74. The van der Waals surface area contributed by atoms with Crippen molar-refractivity contribution in [2.24, 2.45) is 0 Å². The molecule has 0 amide bonds. The topological polar surface area (TPSA) is 129 Å². The predicted molar refractivity (Wildman–Crippen MR) is 164 cm³/mol. The number of nitriles is 1. The number of nitrogens with zero attached hydrogens (tertiary/aromatic N) is 6. The second-order valence-electron chi connectivity index (χ2n) is 12.7. The molecule has 12 heteroatoms. The van der Waals surface area contributed by atoms with Crippen molar-refractivity contribution in [3.63, 3.8) is 0 Å². The maximum absolute atomic E-state index is 11.5. The average molecular weight is 573 g/mol. The molecular weight excluding hydrogens is 533 g/mol. The SMILES string of the molecule is CC(C)n1nc(CO)cc1Nc1nccc(-c2cc(C#N)c3c(c2)[C@@](C)(CO[Si](C)(C)C(C)(C)C)CN3[B]C=O)n1. The van der Waals surface area contributed by atoms with Crippen LogP contribution in [0.2, 0.25) is 18.1 Å². The number of aromatic nitrogens is 4. The zero-order valence-corrected chi connectivity index (χ0v) is 26.2. The number of benzene rings is 1. The number of nitrogens with one attached hydrogen (secondary N) is 1. The fourth-order valence-electron chi connectivity index (χ4n) is 4.76. The van der Waals surface area contributed by atoms with Gasteiger partial charge in [-0.2, -0.15) is 10.4 Å². The van der Waals surface area contributed by atoms with E-state index in [1.54, 1.807) is 29.1 Å². The van der Waals surface area contributed by atoms with Crippen LogP contribution >= 0.6 is 0 Å². The van der Waals surface area contributed by atoms with Crippen LogP contribution < -0.4 is 10.1 Å². The van der Waals surface area contributed by atoms with E-state index in [1.165, 1.54) is 7.41 Å². The third-order valence-corrected chi connectivity index (χ3v) is 12.6. The molecule has 3 heterocycles. The number of fused-ring (bicyclic) bond motifs is 1. The van der Waals surface area contributed by atoms with E-state index in [-0.39, 0.29) is 17.7 Å². The van der Waals surface area contributed by atoms with Crippen LogP contribution in [-0.4, -0.2) is 59.9 Å². The van der Waals surface area contributed by atoms with E-state index in [4.69, 9.17) is 9.41 Å². The van der Waals surface area contributed by atoms with Gasteiger partial charge in [0.15, 0.2) is 8.32 Å². The number of aliphatic hydroxyl groups is 1. The van der Waals surface area contributed by atoms with Crippen molar-refractivity contribution in [2.75, 3.05) is 23.3 Å². The van der Waals surface area contributed by atoms with Gasteiger partial charge < -0.3 is 24.5 Å². The van der Waals surface area contributed by atoms with Crippen LogP contribution in [-0.2, 0) is 21.2 Å². The normalized spacial score (nSPS) is 17.0. The summed E-state index contributed by atoms with van der Waals surface area (Å²) in [5.74, 6) is 1.04. The Labute approximate surface area is 244 Å². The second kappa shape index (κ2) is 11.4. The molecule has 3 aromatic rings. The molecule has 10 nitrogen and oxygen atoms in total. The molecule has 0 unspecified atom stereocenters. The van der Waals surface area contributed by atoms with E-state index in [9.17, 15) is 15.2 Å². The van der Waals surface area contributed by atoms with Crippen molar-refractivity contribution >= 4 is 39.4 Å². The molecule has 0 saturated heterocycles. The molecule has 1 aliphatic rings. The van der Waals surface area contributed by atoms with Gasteiger partial charge in [0.2, 0.25) is 5.95 Å². The van der Waals surface area contributed by atoms with Gasteiger partial charge in [0.05, 0.1) is 23.6 Å². The van der Waals surface area contributed by atoms with E-state index in [1.807, 2.05) is 18.7 Å². The molecule has 4 rings (SSSR count). The van der Waals surface area contributed by atoms with Crippen molar-refractivity contribution in [3.05, 3.63) is 47.3 Å². The van der Waals surface area contributed by atoms with Crippen molar-refractivity contribution in [1.29, 1.82) is 5.26 Å². The summed E-state index contributed by atoms with van der Waals surface area (Å²) in [4.78, 5) is 22.6. The van der Waals surface area contributed by atoms with E-state index >= 15 is 0 Å². The summed E-state index contributed by atoms with van der Waals surface area (Å²) in [7, 11) is -0.566. The van der Waals surface area contributed by atoms with Gasteiger partial charge in [-0.05, 0) is 55.7 Å². The lowest BCUT2D eigenvalue weighted by atomic mass is 9.83. The maximum atomic E-state index is 11.5. The summed E-state index contributed by atoms with van der Waals surface area (Å²) in [5.41, 5.74) is 3.65. The molecule has 2 aromatic heterocycles. The lowest BCUT2D eigenvalue weighted by Crippen LogP contribution is -2.46. The summed E-state index contributed by atoms with van der Waals surface area (Å²) in [6, 6.07) is 9.84. The number of rotatable bonds is 10. The van der Waals surface area contributed by atoms with E-state index in [0.717, 1.165) is 23.0 Å². The number of carbonyl (C=O) groups excluding carboxylic acids is 1. The van der Waals surface area contributed by atoms with Gasteiger partial charge in [0, 0.05) is 48.1 Å². The molecule has 0 aliphatic carbocycles. The Hall–Kier alpha value is -3.53. The molecular formula is C29H39BN7O3Si. The fourth-order valence-corrected chi connectivity index (χ4v) is 5.87. The fraction of sp³-hybridized carbons (Fsp3) is 0.483. The van der Waals surface area contributed by atoms with Gasteiger partial charge in [-0.3, -0.25) is 0 Å². The molecule has 1 aromatic carbocycles. The first-order valence-electron chi connectivity index (χ1n) is 13.8. The Kier molecular flexibility index (Phi) is 8.45. The molecule has 1 aliphatic heterocycles. The molecule has 0 saturated carbocycles. The summed E-state index contributed by atoms with van der Waals surface area (Å²) in [5, 5.41) is 27.4. The minimum absolute atomic E-state index is 0.0479. The highest BCUT2D eigenvalue weighted by atomic mass is 28.4. The van der Waals surface area contributed by atoms with Crippen LogP contribution in [0.5, 0.6) is 0 Å². The molecule has 1 atom stereocenters. The third kappa shape index (κ3) is 6.07. The Balaban J connectivity index is 1.75. The van der Waals surface area contributed by atoms with Gasteiger partial charge in [0.1, 0.15) is 18.1 Å². The Morgan fingerprint density at radius 2 is 2.05 bits per heavy atom. The predicted octanol–water partition coefficient (Wildman–Crippen LogP) is 4.94. The number of hydrogen-bond acceptors (Lipinski definition) is 9. The van der Waals surface area contributed by atoms with Crippen molar-refractivity contribution in [2.45, 2.75) is 77.7 Å². The zero-order valence-electron chi connectivity index (χ0n) is 25.2. The van der Waals surface area contributed by atoms with Crippen LogP contribution in [0, 0.1) is 11.3 Å². The quantitative estimate of drug-likeness (QED) is 0.256. The first kappa shape index (κ1) is 30.4. The largest absolute Gasteiger partial charge is 0.416 e. The van der Waals surface area contributed by atoms with Crippen molar-refractivity contribution in [3.8, 4) is 17.3 Å². The van der Waals surface area contributed by atoms with Gasteiger partial charge in [-0.25, -0.2) is 14.6 Å². The van der Waals surface area contributed by atoms with Gasteiger partial charge in [-0.15, -0.1) is 0 Å². The standard InChI is InChI=1S/C29H39BN7O3Si/c1-19(2)37-25(13-22(15-38)35-37)34-27-32-10-9-24(33-27)20-11-21(14-31)26-23(12-20)29(6,16-36(26)30-18-39)17-40-41(7,8)28(3,4)5/h9-13,18-19,38H,15-17H2,1-8H3,(H,32,33,34)/t29-/m1/s1. The van der Waals surface area contributed by atoms with Gasteiger partial charge in [0.25, 0.3) is 0 Å². The van der Waals surface area contributed by atoms with Crippen LogP contribution in [0.15, 0.2) is 30.5 Å². The molecule has 0 bridgehead atoms. The van der Waals surface area contributed by atoms with Crippen LogP contribution in [0.3, 0.4) is 0 Å². The highest BCUT2D eigenvalue weighted by Gasteiger charge is 2.44. The smallest absolute Gasteiger partial charge is 0.329 e. The Morgan fingerprint density at radius 1 is 1.32 bits per heavy atom. The lowest BCUT2D eigenvalue weighted by Gasteiger charge is -2.39.